The minimum atomic E-state index is -3.77. The van der Waals surface area contributed by atoms with E-state index in [0.717, 1.165) is 0 Å². The highest BCUT2D eigenvalue weighted by molar-refractivity contribution is 7.89. The number of anilines is 1. The zero-order valence-corrected chi connectivity index (χ0v) is 11.4. The Balaban J connectivity index is 2.40. The van der Waals surface area contributed by atoms with Crippen molar-refractivity contribution in [1.29, 1.82) is 0 Å². The fourth-order valence-electron chi connectivity index (χ4n) is 2.24. The smallest absolute Gasteiger partial charge is 0.324 e. The SMILES string of the molecule is COC(=O)C1CCCN1S(=O)(=O)c1ccccc1N. The number of esters is 1. The molecule has 1 fully saturated rings. The third kappa shape index (κ3) is 2.43. The summed E-state index contributed by atoms with van der Waals surface area (Å²) in [6, 6.07) is 5.48. The summed E-state index contributed by atoms with van der Waals surface area (Å²) in [6.07, 6.45) is 1.10. The average molecular weight is 284 g/mol. The molecule has 1 unspecified atom stereocenters. The maximum atomic E-state index is 12.5. The number of sulfonamides is 1. The molecule has 0 aliphatic carbocycles. The summed E-state index contributed by atoms with van der Waals surface area (Å²) in [4.78, 5) is 11.7. The van der Waals surface area contributed by atoms with Crippen LogP contribution in [0.3, 0.4) is 0 Å². The van der Waals surface area contributed by atoms with Gasteiger partial charge < -0.3 is 10.5 Å². The number of para-hydroxylation sites is 1. The quantitative estimate of drug-likeness (QED) is 0.648. The number of hydrogen-bond donors (Lipinski definition) is 1. The Morgan fingerprint density at radius 3 is 2.74 bits per heavy atom. The number of carbonyl (C=O) groups is 1. The summed E-state index contributed by atoms with van der Waals surface area (Å²) in [7, 11) is -2.51. The molecular weight excluding hydrogens is 268 g/mol. The Morgan fingerprint density at radius 2 is 2.11 bits per heavy atom. The second-order valence-electron chi connectivity index (χ2n) is 4.33. The van der Waals surface area contributed by atoms with Gasteiger partial charge in [0.15, 0.2) is 0 Å². The van der Waals surface area contributed by atoms with Gasteiger partial charge in [0.2, 0.25) is 10.0 Å². The zero-order valence-electron chi connectivity index (χ0n) is 10.6. The topological polar surface area (TPSA) is 89.7 Å². The van der Waals surface area contributed by atoms with Crippen molar-refractivity contribution in [2.75, 3.05) is 19.4 Å². The van der Waals surface area contributed by atoms with Crippen LogP contribution < -0.4 is 5.73 Å². The summed E-state index contributed by atoms with van der Waals surface area (Å²) in [5, 5.41) is 0. The van der Waals surface area contributed by atoms with Gasteiger partial charge in [0.25, 0.3) is 0 Å². The molecule has 0 saturated carbocycles. The molecule has 1 heterocycles. The first-order valence-electron chi connectivity index (χ1n) is 5.92. The van der Waals surface area contributed by atoms with Gasteiger partial charge in [0.1, 0.15) is 10.9 Å². The minimum absolute atomic E-state index is 0.0332. The number of nitrogen functional groups attached to an aromatic ring is 1. The Bertz CT molecular complexity index is 585. The van der Waals surface area contributed by atoms with Crippen molar-refractivity contribution in [1.82, 2.24) is 4.31 Å². The summed E-state index contributed by atoms with van der Waals surface area (Å²) in [6.45, 7) is 0.302. The lowest BCUT2D eigenvalue weighted by atomic mass is 10.2. The van der Waals surface area contributed by atoms with E-state index in [0.29, 0.717) is 19.4 Å². The van der Waals surface area contributed by atoms with E-state index in [-0.39, 0.29) is 10.6 Å². The number of nitrogens with two attached hydrogens (primary N) is 1. The van der Waals surface area contributed by atoms with Gasteiger partial charge in [-0.15, -0.1) is 0 Å². The molecule has 1 aromatic carbocycles. The molecule has 104 valence electrons. The van der Waals surface area contributed by atoms with Crippen LogP contribution in [0.4, 0.5) is 5.69 Å². The second-order valence-corrected chi connectivity index (χ2v) is 6.19. The Morgan fingerprint density at radius 1 is 1.42 bits per heavy atom. The van der Waals surface area contributed by atoms with Crippen molar-refractivity contribution in [3.8, 4) is 0 Å². The predicted molar refractivity (Wildman–Crippen MR) is 69.8 cm³/mol. The van der Waals surface area contributed by atoms with E-state index in [2.05, 4.69) is 4.74 Å². The van der Waals surface area contributed by atoms with Gasteiger partial charge in [-0.1, -0.05) is 12.1 Å². The van der Waals surface area contributed by atoms with Crippen LogP contribution in [0, 0.1) is 0 Å². The van der Waals surface area contributed by atoms with Gasteiger partial charge >= 0.3 is 5.97 Å². The van der Waals surface area contributed by atoms with Crippen molar-refractivity contribution in [3.05, 3.63) is 24.3 Å². The van der Waals surface area contributed by atoms with Crippen molar-refractivity contribution in [3.63, 3.8) is 0 Å². The maximum absolute atomic E-state index is 12.5. The van der Waals surface area contributed by atoms with E-state index >= 15 is 0 Å². The van der Waals surface area contributed by atoms with Gasteiger partial charge in [-0.2, -0.15) is 4.31 Å². The second kappa shape index (κ2) is 5.18. The monoisotopic (exact) mass is 284 g/mol. The van der Waals surface area contributed by atoms with Crippen LogP contribution >= 0.6 is 0 Å². The highest BCUT2D eigenvalue weighted by atomic mass is 32.2. The molecule has 1 aromatic rings. The molecule has 19 heavy (non-hydrogen) atoms. The largest absolute Gasteiger partial charge is 0.468 e. The highest BCUT2D eigenvalue weighted by Gasteiger charge is 2.40. The molecule has 0 bridgehead atoms. The number of methoxy groups -OCH3 is 1. The lowest BCUT2D eigenvalue weighted by molar-refractivity contribution is -0.144. The standard InChI is InChI=1S/C12H16N2O4S/c1-18-12(15)10-6-4-8-14(10)19(16,17)11-7-3-2-5-9(11)13/h2-3,5,7,10H,4,6,8,13H2,1H3. The Labute approximate surface area is 112 Å². The zero-order chi connectivity index (χ0) is 14.0. The molecule has 1 aliphatic rings. The Hall–Kier alpha value is -1.60. The van der Waals surface area contributed by atoms with Gasteiger partial charge in [-0.25, -0.2) is 8.42 Å². The molecule has 0 radical (unpaired) electrons. The van der Waals surface area contributed by atoms with Crippen LogP contribution in [-0.2, 0) is 19.6 Å². The van der Waals surface area contributed by atoms with E-state index in [1.807, 2.05) is 0 Å². The summed E-state index contributed by atoms with van der Waals surface area (Å²) in [5.74, 6) is -0.532. The van der Waals surface area contributed by atoms with Gasteiger partial charge in [-0.05, 0) is 25.0 Å². The van der Waals surface area contributed by atoms with E-state index in [1.54, 1.807) is 12.1 Å². The molecule has 7 heteroatoms. The minimum Gasteiger partial charge on any atom is -0.468 e. The molecular formula is C12H16N2O4S. The molecule has 1 aliphatic heterocycles. The van der Waals surface area contributed by atoms with Crippen molar-refractivity contribution in [2.24, 2.45) is 0 Å². The number of carbonyl (C=O) groups excluding carboxylic acids is 1. The van der Waals surface area contributed by atoms with E-state index in [4.69, 9.17) is 5.73 Å². The third-order valence-corrected chi connectivity index (χ3v) is 5.16. The van der Waals surface area contributed by atoms with Crippen LogP contribution in [-0.4, -0.2) is 38.4 Å². The van der Waals surface area contributed by atoms with E-state index < -0.39 is 22.0 Å². The average Bonchev–Trinajstić information content (AvgIpc) is 2.88. The molecule has 1 saturated heterocycles. The number of rotatable bonds is 3. The molecule has 6 nitrogen and oxygen atoms in total. The first kappa shape index (κ1) is 13.8. The van der Waals surface area contributed by atoms with Gasteiger partial charge in [0.05, 0.1) is 12.8 Å². The molecule has 2 N–H and O–H groups in total. The molecule has 1 atom stereocenters. The molecule has 0 spiro atoms. The first-order chi connectivity index (χ1) is 8.98. The highest BCUT2D eigenvalue weighted by Crippen LogP contribution is 2.29. The van der Waals surface area contributed by atoms with Crippen molar-refractivity contribution >= 4 is 21.7 Å². The van der Waals surface area contributed by atoms with Crippen LogP contribution in [0.5, 0.6) is 0 Å². The van der Waals surface area contributed by atoms with E-state index in [1.165, 1.54) is 23.5 Å². The Kier molecular flexibility index (Phi) is 3.77. The number of nitrogens with zero attached hydrogens (tertiary/aromatic N) is 1. The molecule has 0 amide bonds. The van der Waals surface area contributed by atoms with Crippen LogP contribution in [0.15, 0.2) is 29.2 Å². The number of benzene rings is 1. The van der Waals surface area contributed by atoms with Gasteiger partial charge in [0, 0.05) is 6.54 Å². The van der Waals surface area contributed by atoms with Crippen molar-refractivity contribution in [2.45, 2.75) is 23.8 Å². The fourth-order valence-corrected chi connectivity index (χ4v) is 4.01. The maximum Gasteiger partial charge on any atom is 0.324 e. The summed E-state index contributed by atoms with van der Waals surface area (Å²) >= 11 is 0. The predicted octanol–water partition coefficient (Wildman–Crippen LogP) is 0.595. The summed E-state index contributed by atoms with van der Waals surface area (Å²) < 4.78 is 30.9. The third-order valence-electron chi connectivity index (χ3n) is 3.18. The van der Waals surface area contributed by atoms with Crippen LogP contribution in [0.1, 0.15) is 12.8 Å². The van der Waals surface area contributed by atoms with Crippen LogP contribution in [0.25, 0.3) is 0 Å². The molecule has 0 aromatic heterocycles. The lowest BCUT2D eigenvalue weighted by Crippen LogP contribution is -2.41. The fraction of sp³-hybridized carbons (Fsp3) is 0.417. The van der Waals surface area contributed by atoms with Crippen LogP contribution in [0.2, 0.25) is 0 Å². The molecule has 2 rings (SSSR count). The normalized spacial score (nSPS) is 20.4. The van der Waals surface area contributed by atoms with Gasteiger partial charge in [-0.3, -0.25) is 4.79 Å². The lowest BCUT2D eigenvalue weighted by Gasteiger charge is -2.22. The van der Waals surface area contributed by atoms with E-state index in [9.17, 15) is 13.2 Å². The number of ether oxygens (including phenoxy) is 1. The number of hydrogen-bond acceptors (Lipinski definition) is 5. The first-order valence-corrected chi connectivity index (χ1v) is 7.36. The summed E-state index contributed by atoms with van der Waals surface area (Å²) in [5.41, 5.74) is 5.89. The van der Waals surface area contributed by atoms with Crippen molar-refractivity contribution < 1.29 is 17.9 Å².